The molecule has 5 nitrogen and oxygen atoms in total. The lowest BCUT2D eigenvalue weighted by Gasteiger charge is -2.04. The second kappa shape index (κ2) is 8.13. The predicted molar refractivity (Wildman–Crippen MR) is 102 cm³/mol. The van der Waals surface area contributed by atoms with Crippen LogP contribution in [0.2, 0.25) is 0 Å². The van der Waals surface area contributed by atoms with Gasteiger partial charge >= 0.3 is 0 Å². The molecule has 0 aliphatic carbocycles. The summed E-state index contributed by atoms with van der Waals surface area (Å²) in [4.78, 5) is 15.3. The fourth-order valence-corrected chi connectivity index (χ4v) is 2.52. The van der Waals surface area contributed by atoms with Gasteiger partial charge in [0, 0.05) is 17.0 Å². The fraction of sp³-hybridized carbons (Fsp3) is 0.190. The number of ether oxygens (including phenoxy) is 2. The van der Waals surface area contributed by atoms with E-state index in [4.69, 9.17) is 9.47 Å². The number of methoxy groups -OCH3 is 1. The molecule has 1 heterocycles. The molecule has 0 fully saturated rings. The van der Waals surface area contributed by atoms with Gasteiger partial charge < -0.3 is 19.8 Å². The minimum atomic E-state index is -0.200. The molecule has 0 unspecified atom stereocenters. The van der Waals surface area contributed by atoms with Crippen molar-refractivity contribution in [3.05, 3.63) is 59.8 Å². The van der Waals surface area contributed by atoms with Crippen LogP contribution in [0.1, 0.15) is 16.1 Å². The van der Waals surface area contributed by atoms with Gasteiger partial charge in [0.05, 0.1) is 13.7 Å². The SMILES string of the molecule is COc1ccc2cc(C(=O)NCC#CCOc3ccccc3C)[nH]c2c1. The highest BCUT2D eigenvalue weighted by Gasteiger charge is 2.08. The summed E-state index contributed by atoms with van der Waals surface area (Å²) in [6.07, 6.45) is 0. The van der Waals surface area contributed by atoms with E-state index in [0.717, 1.165) is 28.0 Å². The van der Waals surface area contributed by atoms with E-state index in [1.165, 1.54) is 0 Å². The molecule has 132 valence electrons. The highest BCUT2D eigenvalue weighted by Crippen LogP contribution is 2.21. The Hall–Kier alpha value is -3.39. The van der Waals surface area contributed by atoms with Crippen molar-refractivity contribution < 1.29 is 14.3 Å². The van der Waals surface area contributed by atoms with Gasteiger partial charge in [-0.05, 0) is 36.8 Å². The number of para-hydroxylation sites is 1. The lowest BCUT2D eigenvalue weighted by molar-refractivity contribution is 0.0954. The number of fused-ring (bicyclic) bond motifs is 1. The molecular weight excluding hydrogens is 328 g/mol. The monoisotopic (exact) mass is 348 g/mol. The zero-order valence-electron chi connectivity index (χ0n) is 14.8. The molecule has 0 atom stereocenters. The quantitative estimate of drug-likeness (QED) is 0.696. The van der Waals surface area contributed by atoms with Crippen molar-refractivity contribution in [1.82, 2.24) is 10.3 Å². The van der Waals surface area contributed by atoms with E-state index >= 15 is 0 Å². The maximum atomic E-state index is 12.2. The Labute approximate surface area is 152 Å². The summed E-state index contributed by atoms with van der Waals surface area (Å²) in [5.41, 5.74) is 2.41. The van der Waals surface area contributed by atoms with Gasteiger partial charge in [0.2, 0.25) is 0 Å². The number of nitrogens with one attached hydrogen (secondary N) is 2. The molecule has 3 rings (SSSR count). The number of hydrogen-bond donors (Lipinski definition) is 2. The number of rotatable bonds is 5. The van der Waals surface area contributed by atoms with Crippen LogP contribution in [-0.4, -0.2) is 31.2 Å². The summed E-state index contributed by atoms with van der Waals surface area (Å²) in [7, 11) is 1.61. The van der Waals surface area contributed by atoms with Crippen molar-refractivity contribution >= 4 is 16.8 Å². The Bertz CT molecular complexity index is 980. The summed E-state index contributed by atoms with van der Waals surface area (Å²) in [6.45, 7) is 2.53. The summed E-state index contributed by atoms with van der Waals surface area (Å²) >= 11 is 0. The predicted octanol–water partition coefficient (Wildman–Crippen LogP) is 3.30. The van der Waals surface area contributed by atoms with Gasteiger partial charge in [-0.2, -0.15) is 0 Å². The number of benzene rings is 2. The number of carbonyl (C=O) groups excluding carboxylic acids is 1. The molecule has 0 saturated carbocycles. The van der Waals surface area contributed by atoms with Crippen molar-refractivity contribution in [3.8, 4) is 23.3 Å². The molecule has 1 amide bonds. The van der Waals surface area contributed by atoms with Gasteiger partial charge in [0.1, 0.15) is 23.8 Å². The molecule has 2 N–H and O–H groups in total. The third kappa shape index (κ3) is 4.17. The maximum Gasteiger partial charge on any atom is 0.268 e. The average molecular weight is 348 g/mol. The van der Waals surface area contributed by atoms with Crippen LogP contribution in [0.5, 0.6) is 11.5 Å². The summed E-state index contributed by atoms with van der Waals surface area (Å²) in [5, 5.41) is 3.72. The van der Waals surface area contributed by atoms with Crippen LogP contribution < -0.4 is 14.8 Å². The Balaban J connectivity index is 1.51. The number of amides is 1. The van der Waals surface area contributed by atoms with Crippen LogP contribution in [0, 0.1) is 18.8 Å². The third-order valence-corrected chi connectivity index (χ3v) is 3.93. The molecule has 0 saturated heterocycles. The Kier molecular flexibility index (Phi) is 5.45. The highest BCUT2D eigenvalue weighted by atomic mass is 16.5. The summed E-state index contributed by atoms with van der Waals surface area (Å²) in [5.74, 6) is 7.14. The van der Waals surface area contributed by atoms with Crippen LogP contribution in [0.3, 0.4) is 0 Å². The smallest absolute Gasteiger partial charge is 0.268 e. The number of aromatic amines is 1. The Morgan fingerprint density at radius 2 is 2.00 bits per heavy atom. The van der Waals surface area contributed by atoms with Crippen molar-refractivity contribution in [3.63, 3.8) is 0 Å². The molecule has 0 spiro atoms. The van der Waals surface area contributed by atoms with Gasteiger partial charge in [-0.25, -0.2) is 0 Å². The van der Waals surface area contributed by atoms with E-state index in [-0.39, 0.29) is 19.1 Å². The number of H-pyrrole nitrogens is 1. The summed E-state index contributed by atoms with van der Waals surface area (Å²) < 4.78 is 10.8. The number of hydrogen-bond acceptors (Lipinski definition) is 3. The first-order chi connectivity index (χ1) is 12.7. The second-order valence-corrected chi connectivity index (χ2v) is 5.73. The highest BCUT2D eigenvalue weighted by molar-refractivity contribution is 5.98. The molecule has 0 bridgehead atoms. The van der Waals surface area contributed by atoms with Crippen molar-refractivity contribution in [2.45, 2.75) is 6.92 Å². The molecule has 26 heavy (non-hydrogen) atoms. The number of carbonyl (C=O) groups is 1. The molecule has 3 aromatic rings. The van der Waals surface area contributed by atoms with E-state index < -0.39 is 0 Å². The van der Waals surface area contributed by atoms with E-state index in [1.807, 2.05) is 49.4 Å². The molecule has 1 aromatic heterocycles. The number of aromatic nitrogens is 1. The average Bonchev–Trinajstić information content (AvgIpc) is 3.09. The minimum absolute atomic E-state index is 0.200. The first kappa shape index (κ1) is 17.4. The Morgan fingerprint density at radius 1 is 1.15 bits per heavy atom. The first-order valence-electron chi connectivity index (χ1n) is 8.26. The van der Waals surface area contributed by atoms with Crippen LogP contribution >= 0.6 is 0 Å². The number of aryl methyl sites for hydroxylation is 1. The fourth-order valence-electron chi connectivity index (χ4n) is 2.52. The first-order valence-corrected chi connectivity index (χ1v) is 8.26. The lowest BCUT2D eigenvalue weighted by atomic mass is 10.2. The van der Waals surface area contributed by atoms with E-state index in [0.29, 0.717) is 5.69 Å². The van der Waals surface area contributed by atoms with Crippen LogP contribution in [0.15, 0.2) is 48.5 Å². The Morgan fingerprint density at radius 3 is 2.81 bits per heavy atom. The molecule has 5 heteroatoms. The topological polar surface area (TPSA) is 63.4 Å². The normalized spacial score (nSPS) is 10.1. The molecule has 0 aliphatic rings. The second-order valence-electron chi connectivity index (χ2n) is 5.73. The van der Waals surface area contributed by atoms with Crippen molar-refractivity contribution in [2.24, 2.45) is 0 Å². The largest absolute Gasteiger partial charge is 0.497 e. The zero-order valence-corrected chi connectivity index (χ0v) is 14.8. The van der Waals surface area contributed by atoms with E-state index in [1.54, 1.807) is 13.2 Å². The van der Waals surface area contributed by atoms with E-state index in [9.17, 15) is 4.79 Å². The van der Waals surface area contributed by atoms with Gasteiger partial charge in [-0.3, -0.25) is 4.79 Å². The van der Waals surface area contributed by atoms with Gasteiger partial charge in [-0.15, -0.1) is 0 Å². The molecule has 2 aromatic carbocycles. The van der Waals surface area contributed by atoms with Crippen molar-refractivity contribution in [1.29, 1.82) is 0 Å². The van der Waals surface area contributed by atoms with Gasteiger partial charge in [0.15, 0.2) is 0 Å². The zero-order chi connectivity index (χ0) is 18.4. The molecule has 0 radical (unpaired) electrons. The van der Waals surface area contributed by atoms with Gasteiger partial charge in [0.25, 0.3) is 5.91 Å². The maximum absolute atomic E-state index is 12.2. The minimum Gasteiger partial charge on any atom is -0.497 e. The molecular formula is C21H20N2O3. The van der Waals surface area contributed by atoms with Gasteiger partial charge in [-0.1, -0.05) is 30.0 Å². The lowest BCUT2D eigenvalue weighted by Crippen LogP contribution is -2.23. The van der Waals surface area contributed by atoms with Crippen LogP contribution in [0.4, 0.5) is 0 Å². The third-order valence-electron chi connectivity index (χ3n) is 3.93. The molecule has 0 aliphatic heterocycles. The van der Waals surface area contributed by atoms with Crippen LogP contribution in [0.25, 0.3) is 10.9 Å². The standard InChI is InChI=1S/C21H20N2O3/c1-15-7-3-4-8-20(15)26-12-6-5-11-22-21(24)19-13-16-9-10-17(25-2)14-18(16)23-19/h3-4,7-10,13-14,23H,11-12H2,1-2H3,(H,22,24). The van der Waals surface area contributed by atoms with Crippen LogP contribution in [-0.2, 0) is 0 Å². The van der Waals surface area contributed by atoms with E-state index in [2.05, 4.69) is 22.1 Å². The summed E-state index contributed by atoms with van der Waals surface area (Å²) in [6, 6.07) is 15.2. The van der Waals surface area contributed by atoms with Crippen molar-refractivity contribution in [2.75, 3.05) is 20.3 Å².